The molecule has 2 amide bonds. The van der Waals surface area contributed by atoms with Gasteiger partial charge in [-0.25, -0.2) is 4.79 Å². The lowest BCUT2D eigenvalue weighted by Gasteiger charge is -2.26. The monoisotopic (exact) mass is 790 g/mol. The predicted molar refractivity (Wildman–Crippen MR) is 239 cm³/mol. The van der Waals surface area contributed by atoms with E-state index in [2.05, 4.69) is 30.6 Å². The van der Waals surface area contributed by atoms with Gasteiger partial charge in [-0.05, 0) is 77.8 Å². The van der Waals surface area contributed by atoms with Crippen molar-refractivity contribution in [2.75, 3.05) is 39.3 Å². The minimum absolute atomic E-state index is 0.136. The van der Waals surface area contributed by atoms with E-state index in [-0.39, 0.29) is 19.3 Å². The van der Waals surface area contributed by atoms with Crippen LogP contribution in [0.3, 0.4) is 0 Å². The maximum absolute atomic E-state index is 12.3. The molecule has 0 unspecified atom stereocenters. The first-order chi connectivity index (χ1) is 27.5. The molecule has 0 atom stereocenters. The molecule has 0 bridgehead atoms. The van der Waals surface area contributed by atoms with Crippen molar-refractivity contribution in [2.24, 2.45) is 0 Å². The summed E-state index contributed by atoms with van der Waals surface area (Å²) in [5.74, 6) is -1.28. The smallest absolute Gasteiger partial charge is 0.330 e. The zero-order chi connectivity index (χ0) is 40.6. The van der Waals surface area contributed by atoms with Gasteiger partial charge in [0.15, 0.2) is 0 Å². The summed E-state index contributed by atoms with van der Waals surface area (Å²) in [5, 5.41) is 0.673. The van der Waals surface area contributed by atoms with E-state index in [0.29, 0.717) is 5.06 Å². The maximum atomic E-state index is 12.3. The molecule has 1 aliphatic heterocycles. The second kappa shape index (κ2) is 40.3. The summed E-state index contributed by atoms with van der Waals surface area (Å²) in [4.78, 5) is 46.5. The van der Waals surface area contributed by atoms with E-state index < -0.39 is 17.8 Å². The molecule has 7 nitrogen and oxygen atoms in total. The van der Waals surface area contributed by atoms with E-state index in [0.717, 1.165) is 32.4 Å². The summed E-state index contributed by atoms with van der Waals surface area (Å²) in [7, 11) is 0. The van der Waals surface area contributed by atoms with Crippen LogP contribution in [0.15, 0.2) is 0 Å². The first-order valence-corrected chi connectivity index (χ1v) is 25.0. The topological polar surface area (TPSA) is 70.2 Å². The SMILES string of the molecule is CCCCCCCCCCCCN(CCCCCCCCCCCC)CCCN(CCCCCCCCCCCC)CCCCCC(=O)ON1C(=O)CCC1=O. The molecular weight excluding hydrogens is 695 g/mol. The highest BCUT2D eigenvalue weighted by Crippen LogP contribution is 2.16. The van der Waals surface area contributed by atoms with Crippen molar-refractivity contribution in [3.8, 4) is 0 Å². The zero-order valence-electron chi connectivity index (χ0n) is 37.9. The number of hydroxylamine groups is 2. The van der Waals surface area contributed by atoms with Crippen LogP contribution in [0, 0.1) is 0 Å². The molecule has 0 N–H and O–H groups in total. The first-order valence-electron chi connectivity index (χ1n) is 25.0. The number of carbonyl (C=O) groups excluding carboxylic acids is 3. The van der Waals surface area contributed by atoms with Crippen LogP contribution in [0.2, 0.25) is 0 Å². The summed E-state index contributed by atoms with van der Waals surface area (Å²) < 4.78 is 0. The fourth-order valence-electron chi connectivity index (χ4n) is 8.24. The van der Waals surface area contributed by atoms with Crippen LogP contribution in [0.25, 0.3) is 0 Å². The van der Waals surface area contributed by atoms with Crippen molar-refractivity contribution in [3.05, 3.63) is 0 Å². The Kier molecular flexibility index (Phi) is 37.8. The Morgan fingerprint density at radius 1 is 0.393 bits per heavy atom. The third kappa shape index (κ3) is 32.5. The minimum Gasteiger partial charge on any atom is -0.330 e. The Balaban J connectivity index is 2.51. The molecule has 1 heterocycles. The molecule has 0 aromatic carbocycles. The molecule has 0 aliphatic carbocycles. The molecule has 1 saturated heterocycles. The lowest BCUT2D eigenvalue weighted by molar-refractivity contribution is -0.197. The highest BCUT2D eigenvalue weighted by atomic mass is 16.7. The molecule has 0 aromatic heterocycles. The van der Waals surface area contributed by atoms with Crippen molar-refractivity contribution in [1.82, 2.24) is 14.9 Å². The molecule has 1 fully saturated rings. The number of unbranched alkanes of at least 4 members (excludes halogenated alkanes) is 29. The molecule has 7 heteroatoms. The quantitative estimate of drug-likeness (QED) is 0.0452. The van der Waals surface area contributed by atoms with Crippen molar-refractivity contribution in [1.29, 1.82) is 0 Å². The van der Waals surface area contributed by atoms with E-state index in [9.17, 15) is 14.4 Å². The fraction of sp³-hybridized carbons (Fsp3) is 0.939. The number of hydrogen-bond acceptors (Lipinski definition) is 6. The average Bonchev–Trinajstić information content (AvgIpc) is 3.51. The molecule has 1 aliphatic rings. The lowest BCUT2D eigenvalue weighted by Crippen LogP contribution is -2.32. The number of rotatable bonds is 44. The average molecular weight is 790 g/mol. The van der Waals surface area contributed by atoms with Gasteiger partial charge in [0.2, 0.25) is 0 Å². The van der Waals surface area contributed by atoms with Gasteiger partial charge in [0.25, 0.3) is 11.8 Å². The Morgan fingerprint density at radius 2 is 0.643 bits per heavy atom. The van der Waals surface area contributed by atoms with Gasteiger partial charge in [-0.1, -0.05) is 201 Å². The number of carbonyl (C=O) groups is 3. The third-order valence-corrected chi connectivity index (χ3v) is 12.0. The van der Waals surface area contributed by atoms with E-state index in [1.165, 1.54) is 225 Å². The number of amides is 2. The van der Waals surface area contributed by atoms with E-state index in [1.54, 1.807) is 0 Å². The lowest BCUT2D eigenvalue weighted by atomic mass is 10.1. The molecule has 0 aromatic rings. The Bertz CT molecular complexity index is 859. The third-order valence-electron chi connectivity index (χ3n) is 12.0. The highest BCUT2D eigenvalue weighted by molar-refractivity contribution is 6.01. The van der Waals surface area contributed by atoms with E-state index in [4.69, 9.17) is 4.84 Å². The van der Waals surface area contributed by atoms with E-state index in [1.807, 2.05) is 0 Å². The van der Waals surface area contributed by atoms with Crippen LogP contribution in [0.1, 0.15) is 258 Å². The van der Waals surface area contributed by atoms with Gasteiger partial charge in [0, 0.05) is 19.3 Å². The largest absolute Gasteiger partial charge is 0.333 e. The minimum atomic E-state index is -0.472. The standard InChI is InChI=1S/C49H95N3O4/c1-4-7-10-13-16-19-22-25-28-33-41-50(42-34-29-26-23-20-17-14-11-8-5-2)45-37-46-51(43-35-30-27-24-21-18-15-12-9-6-3)44-36-31-32-38-49(55)56-52-47(53)39-40-48(52)54/h4-46H2,1-3H3. The highest BCUT2D eigenvalue weighted by Gasteiger charge is 2.32. The van der Waals surface area contributed by atoms with E-state index >= 15 is 0 Å². The Hall–Kier alpha value is -1.47. The molecule has 330 valence electrons. The van der Waals surface area contributed by atoms with Gasteiger partial charge in [-0.2, -0.15) is 0 Å². The van der Waals surface area contributed by atoms with Crippen LogP contribution in [0.4, 0.5) is 0 Å². The molecule has 0 radical (unpaired) electrons. The second-order valence-corrected chi connectivity index (χ2v) is 17.4. The van der Waals surface area contributed by atoms with Gasteiger partial charge in [-0.15, -0.1) is 5.06 Å². The molecule has 1 rings (SSSR count). The predicted octanol–water partition coefficient (Wildman–Crippen LogP) is 13.9. The van der Waals surface area contributed by atoms with Crippen molar-refractivity contribution in [3.63, 3.8) is 0 Å². The number of hydrogen-bond donors (Lipinski definition) is 0. The maximum Gasteiger partial charge on any atom is 0.333 e. The second-order valence-electron chi connectivity index (χ2n) is 17.4. The van der Waals surface area contributed by atoms with Gasteiger partial charge < -0.3 is 14.6 Å². The van der Waals surface area contributed by atoms with Crippen molar-refractivity contribution in [2.45, 2.75) is 258 Å². The van der Waals surface area contributed by atoms with Crippen LogP contribution >= 0.6 is 0 Å². The van der Waals surface area contributed by atoms with Gasteiger partial charge >= 0.3 is 5.97 Å². The zero-order valence-corrected chi connectivity index (χ0v) is 37.9. The van der Waals surface area contributed by atoms with Crippen LogP contribution in [0.5, 0.6) is 0 Å². The summed E-state index contributed by atoms with van der Waals surface area (Å²) in [6.07, 6.45) is 46.1. The van der Waals surface area contributed by atoms with Gasteiger partial charge in [0.05, 0.1) is 0 Å². The number of imide groups is 1. The molecular formula is C49H95N3O4. The normalized spacial score (nSPS) is 13.3. The molecule has 0 spiro atoms. The first kappa shape index (κ1) is 52.5. The molecule has 0 saturated carbocycles. The fourth-order valence-corrected chi connectivity index (χ4v) is 8.24. The Labute approximate surface area is 348 Å². The summed E-state index contributed by atoms with van der Waals surface area (Å²) in [6.45, 7) is 14.0. The van der Waals surface area contributed by atoms with Crippen LogP contribution in [-0.2, 0) is 19.2 Å². The van der Waals surface area contributed by atoms with Gasteiger partial charge in [-0.3, -0.25) is 9.59 Å². The number of nitrogens with zero attached hydrogens (tertiary/aromatic N) is 3. The Morgan fingerprint density at radius 3 is 0.946 bits per heavy atom. The summed E-state index contributed by atoms with van der Waals surface area (Å²) in [6, 6.07) is 0. The summed E-state index contributed by atoms with van der Waals surface area (Å²) >= 11 is 0. The molecule has 56 heavy (non-hydrogen) atoms. The van der Waals surface area contributed by atoms with Crippen LogP contribution in [-0.4, -0.2) is 71.9 Å². The van der Waals surface area contributed by atoms with Crippen molar-refractivity contribution >= 4 is 17.8 Å². The van der Waals surface area contributed by atoms with Crippen molar-refractivity contribution < 1.29 is 19.2 Å². The summed E-state index contributed by atoms with van der Waals surface area (Å²) in [5.41, 5.74) is 0. The van der Waals surface area contributed by atoms with Gasteiger partial charge in [0.1, 0.15) is 0 Å². The van der Waals surface area contributed by atoms with Crippen LogP contribution < -0.4 is 0 Å².